The third-order valence-electron chi connectivity index (χ3n) is 5.99. The van der Waals surface area contributed by atoms with Crippen molar-refractivity contribution < 1.29 is 4.74 Å². The van der Waals surface area contributed by atoms with Crippen LogP contribution in [0.5, 0.6) is 5.75 Å². The van der Waals surface area contributed by atoms with Crippen LogP contribution in [0.25, 0.3) is 27.5 Å². The third-order valence-corrected chi connectivity index (χ3v) is 6.22. The summed E-state index contributed by atoms with van der Waals surface area (Å²) in [4.78, 5) is 4.99. The van der Waals surface area contributed by atoms with Gasteiger partial charge in [-0.1, -0.05) is 48.0 Å². The summed E-state index contributed by atoms with van der Waals surface area (Å²) in [6, 6.07) is 27.1. The largest absolute Gasteiger partial charge is 0.497 e. The molecule has 3 nitrogen and oxygen atoms in total. The highest BCUT2D eigenvalue weighted by Gasteiger charge is 2.17. The first-order chi connectivity index (χ1) is 15.6. The standard InChI is InChI=1S/C28H25ClN2O/c1-19-28-26(17-22(30-19)12-6-10-20-8-4-3-5-9-20)25-15-14-24(32-2)18-27(25)31(28)23-13-7-11-21(29)16-23/h3-5,7-9,11,13-18H,6,10,12H2,1-2H3. The Hall–Kier alpha value is -3.30. The van der Waals surface area contributed by atoms with Crippen molar-refractivity contribution in [2.24, 2.45) is 0 Å². The van der Waals surface area contributed by atoms with Crippen LogP contribution in [-0.2, 0) is 12.8 Å². The van der Waals surface area contributed by atoms with Gasteiger partial charge in [0, 0.05) is 33.2 Å². The molecule has 0 N–H and O–H groups in total. The number of benzene rings is 3. The van der Waals surface area contributed by atoms with Crippen LogP contribution in [0.15, 0.2) is 78.9 Å². The molecule has 0 unspecified atom stereocenters. The second-order valence-electron chi connectivity index (χ2n) is 8.13. The molecule has 5 aromatic rings. The quantitative estimate of drug-likeness (QED) is 0.276. The molecule has 4 heteroatoms. The van der Waals surface area contributed by atoms with Gasteiger partial charge in [0.1, 0.15) is 5.75 Å². The van der Waals surface area contributed by atoms with Gasteiger partial charge in [0.05, 0.1) is 23.8 Å². The fourth-order valence-corrected chi connectivity index (χ4v) is 4.70. The van der Waals surface area contributed by atoms with Gasteiger partial charge in [-0.3, -0.25) is 4.98 Å². The van der Waals surface area contributed by atoms with E-state index in [4.69, 9.17) is 21.3 Å². The molecular formula is C28H25ClN2O. The average Bonchev–Trinajstić information content (AvgIpc) is 3.14. The second-order valence-corrected chi connectivity index (χ2v) is 8.57. The van der Waals surface area contributed by atoms with E-state index in [2.05, 4.69) is 66.1 Å². The Bertz CT molecular complexity index is 1410. The number of aromatic nitrogens is 2. The van der Waals surface area contributed by atoms with Crippen LogP contribution in [0, 0.1) is 6.92 Å². The lowest BCUT2D eigenvalue weighted by atomic mass is 10.1. The van der Waals surface area contributed by atoms with Gasteiger partial charge in [0.15, 0.2) is 0 Å². The molecule has 0 aliphatic heterocycles. The highest BCUT2D eigenvalue weighted by atomic mass is 35.5. The maximum Gasteiger partial charge on any atom is 0.120 e. The molecule has 0 spiro atoms. The first-order valence-electron chi connectivity index (χ1n) is 10.9. The summed E-state index contributed by atoms with van der Waals surface area (Å²) in [6.07, 6.45) is 3.08. The fourth-order valence-electron chi connectivity index (χ4n) is 4.52. The Morgan fingerprint density at radius 3 is 2.50 bits per heavy atom. The predicted molar refractivity (Wildman–Crippen MR) is 133 cm³/mol. The number of pyridine rings is 1. The van der Waals surface area contributed by atoms with E-state index in [1.54, 1.807) is 7.11 Å². The van der Waals surface area contributed by atoms with Gasteiger partial charge in [0.2, 0.25) is 0 Å². The van der Waals surface area contributed by atoms with Crippen LogP contribution in [0.3, 0.4) is 0 Å². The van der Waals surface area contributed by atoms with Crippen LogP contribution in [0.2, 0.25) is 5.02 Å². The molecule has 0 bridgehead atoms. The number of ether oxygens (including phenoxy) is 1. The van der Waals surface area contributed by atoms with Crippen molar-refractivity contribution in [3.8, 4) is 11.4 Å². The van der Waals surface area contributed by atoms with E-state index >= 15 is 0 Å². The molecule has 5 rings (SSSR count). The number of hydrogen-bond acceptors (Lipinski definition) is 2. The lowest BCUT2D eigenvalue weighted by molar-refractivity contribution is 0.415. The SMILES string of the molecule is COc1ccc2c3cc(CCCc4ccccc4)nc(C)c3n(-c3cccc(Cl)c3)c2c1. The van der Waals surface area contributed by atoms with Crippen LogP contribution in [-0.4, -0.2) is 16.7 Å². The van der Waals surface area contributed by atoms with Crippen molar-refractivity contribution in [2.45, 2.75) is 26.2 Å². The first kappa shape index (κ1) is 20.6. The van der Waals surface area contributed by atoms with E-state index in [0.717, 1.165) is 53.1 Å². The summed E-state index contributed by atoms with van der Waals surface area (Å²) in [5.41, 5.74) is 6.75. The molecule has 0 aliphatic rings. The van der Waals surface area contributed by atoms with Gasteiger partial charge in [-0.2, -0.15) is 0 Å². The molecule has 0 fully saturated rings. The zero-order valence-corrected chi connectivity index (χ0v) is 19.1. The van der Waals surface area contributed by atoms with Crippen molar-refractivity contribution >= 4 is 33.4 Å². The molecule has 160 valence electrons. The molecule has 2 heterocycles. The van der Waals surface area contributed by atoms with Crippen LogP contribution < -0.4 is 4.74 Å². The highest BCUT2D eigenvalue weighted by Crippen LogP contribution is 2.36. The van der Waals surface area contributed by atoms with Crippen molar-refractivity contribution in [3.63, 3.8) is 0 Å². The highest BCUT2D eigenvalue weighted by molar-refractivity contribution is 6.30. The lowest BCUT2D eigenvalue weighted by Crippen LogP contribution is -1.99. The minimum Gasteiger partial charge on any atom is -0.497 e. The molecule has 2 aromatic heterocycles. The first-order valence-corrected chi connectivity index (χ1v) is 11.3. The molecule has 0 amide bonds. The van der Waals surface area contributed by atoms with Gasteiger partial charge < -0.3 is 9.30 Å². The summed E-state index contributed by atoms with van der Waals surface area (Å²) in [6.45, 7) is 2.10. The molecule has 0 aliphatic carbocycles. The number of rotatable bonds is 6. The fraction of sp³-hybridized carbons (Fsp3) is 0.179. The number of methoxy groups -OCH3 is 1. The topological polar surface area (TPSA) is 27.1 Å². The van der Waals surface area contributed by atoms with Crippen molar-refractivity contribution in [1.82, 2.24) is 9.55 Å². The number of halogens is 1. The Kier molecular flexibility index (Phi) is 5.59. The minimum absolute atomic E-state index is 0.712. The summed E-state index contributed by atoms with van der Waals surface area (Å²) in [5, 5.41) is 3.11. The predicted octanol–water partition coefficient (Wildman–Crippen LogP) is 7.32. The number of hydrogen-bond donors (Lipinski definition) is 0. The molecule has 0 atom stereocenters. The molecule has 32 heavy (non-hydrogen) atoms. The van der Waals surface area contributed by atoms with Gasteiger partial charge in [-0.05, 0) is 68.1 Å². The van der Waals surface area contributed by atoms with E-state index < -0.39 is 0 Å². The van der Waals surface area contributed by atoms with Crippen LogP contribution in [0.4, 0.5) is 0 Å². The summed E-state index contributed by atoms with van der Waals surface area (Å²) < 4.78 is 7.77. The van der Waals surface area contributed by atoms with Gasteiger partial charge >= 0.3 is 0 Å². The second kappa shape index (κ2) is 8.68. The molecule has 3 aromatic carbocycles. The van der Waals surface area contributed by atoms with E-state index in [1.807, 2.05) is 24.3 Å². The van der Waals surface area contributed by atoms with E-state index in [9.17, 15) is 0 Å². The summed E-state index contributed by atoms with van der Waals surface area (Å²) in [7, 11) is 1.70. The van der Waals surface area contributed by atoms with Crippen LogP contribution in [0.1, 0.15) is 23.4 Å². The zero-order chi connectivity index (χ0) is 22.1. The zero-order valence-electron chi connectivity index (χ0n) is 18.3. The van der Waals surface area contributed by atoms with Gasteiger partial charge in [-0.15, -0.1) is 0 Å². The Balaban J connectivity index is 1.62. The van der Waals surface area contributed by atoms with Gasteiger partial charge in [0.25, 0.3) is 0 Å². The average molecular weight is 441 g/mol. The van der Waals surface area contributed by atoms with E-state index in [-0.39, 0.29) is 0 Å². The Morgan fingerprint density at radius 2 is 1.72 bits per heavy atom. The molecule has 0 saturated heterocycles. The maximum atomic E-state index is 6.34. The smallest absolute Gasteiger partial charge is 0.120 e. The van der Waals surface area contributed by atoms with Crippen molar-refractivity contribution in [2.75, 3.05) is 7.11 Å². The van der Waals surface area contributed by atoms with E-state index in [0.29, 0.717) is 5.02 Å². The maximum absolute atomic E-state index is 6.34. The number of aryl methyl sites for hydroxylation is 3. The van der Waals surface area contributed by atoms with Gasteiger partial charge in [-0.25, -0.2) is 0 Å². The Labute approximate surface area is 193 Å². The lowest BCUT2D eigenvalue weighted by Gasteiger charge is -2.11. The van der Waals surface area contributed by atoms with Crippen molar-refractivity contribution in [1.29, 1.82) is 0 Å². The minimum atomic E-state index is 0.712. The summed E-state index contributed by atoms with van der Waals surface area (Å²) in [5.74, 6) is 0.831. The third kappa shape index (κ3) is 3.85. The normalized spacial score (nSPS) is 11.3. The van der Waals surface area contributed by atoms with Crippen molar-refractivity contribution in [3.05, 3.63) is 101 Å². The van der Waals surface area contributed by atoms with E-state index in [1.165, 1.54) is 16.3 Å². The number of fused-ring (bicyclic) bond motifs is 3. The molecule has 0 radical (unpaired) electrons. The monoisotopic (exact) mass is 440 g/mol. The summed E-state index contributed by atoms with van der Waals surface area (Å²) >= 11 is 6.34. The molecule has 0 saturated carbocycles. The number of nitrogens with zero attached hydrogens (tertiary/aromatic N) is 2. The van der Waals surface area contributed by atoms with Crippen LogP contribution >= 0.6 is 11.6 Å². The molecular weight excluding hydrogens is 416 g/mol. The Morgan fingerprint density at radius 1 is 0.875 bits per heavy atom.